The molecule has 102 valence electrons. The van der Waals surface area contributed by atoms with E-state index < -0.39 is 11.2 Å². The number of rotatable bonds is 1. The molecule has 0 heterocycles. The maximum atomic E-state index is 14.3. The molecule has 2 aliphatic carbocycles. The van der Waals surface area contributed by atoms with Gasteiger partial charge in [0.1, 0.15) is 0 Å². The molecule has 1 fully saturated rings. The zero-order valence-electron chi connectivity index (χ0n) is 11.1. The fraction of sp³-hybridized carbons (Fsp3) is 0.533. The molecule has 1 saturated carbocycles. The Labute approximate surface area is 111 Å². The van der Waals surface area contributed by atoms with Crippen LogP contribution in [0.1, 0.15) is 30.9 Å². The van der Waals surface area contributed by atoms with Crippen molar-refractivity contribution >= 4 is 5.97 Å². The van der Waals surface area contributed by atoms with Crippen molar-refractivity contribution < 1.29 is 19.0 Å². The molecule has 0 unspecified atom stereocenters. The van der Waals surface area contributed by atoms with E-state index in [1.54, 1.807) is 6.07 Å². The number of benzene rings is 1. The van der Waals surface area contributed by atoms with Gasteiger partial charge in [0.2, 0.25) is 0 Å². The second-order valence-electron chi connectivity index (χ2n) is 5.62. The molecule has 0 radical (unpaired) electrons. The summed E-state index contributed by atoms with van der Waals surface area (Å²) in [5.41, 5.74) is 0.991. The lowest BCUT2D eigenvalue weighted by Gasteiger charge is -2.27. The van der Waals surface area contributed by atoms with Gasteiger partial charge in [-0.2, -0.15) is 0 Å². The lowest BCUT2D eigenvalue weighted by molar-refractivity contribution is -0.143. The van der Waals surface area contributed by atoms with Crippen LogP contribution in [-0.4, -0.2) is 18.2 Å². The molecule has 1 N–H and O–H groups in total. The van der Waals surface area contributed by atoms with Crippen LogP contribution >= 0.6 is 0 Å². The monoisotopic (exact) mass is 264 g/mol. The van der Waals surface area contributed by atoms with Crippen LogP contribution in [0.3, 0.4) is 0 Å². The first-order chi connectivity index (χ1) is 9.04. The van der Waals surface area contributed by atoms with Crippen molar-refractivity contribution in [2.24, 2.45) is 11.8 Å². The Morgan fingerprint density at radius 2 is 2.26 bits per heavy atom. The van der Waals surface area contributed by atoms with Crippen LogP contribution in [0.15, 0.2) is 12.1 Å². The number of aryl methyl sites for hydroxylation is 1. The molecule has 3 nitrogen and oxygen atoms in total. The summed E-state index contributed by atoms with van der Waals surface area (Å²) >= 11 is 0. The average Bonchev–Trinajstić information content (AvgIpc) is 2.98. The number of fused-ring (bicyclic) bond motifs is 2. The first-order valence-corrected chi connectivity index (χ1v) is 6.62. The number of esters is 1. The summed E-state index contributed by atoms with van der Waals surface area (Å²) in [6, 6.07) is 3.17. The van der Waals surface area contributed by atoms with Gasteiger partial charge in [0, 0.05) is 11.0 Å². The van der Waals surface area contributed by atoms with Gasteiger partial charge in [0.15, 0.2) is 11.6 Å². The standard InChI is InChI=1S/C15H17FO3/c1-8-11(14(18)19-2)15(8)7-3-4-9-5-6-10(17)13(16)12(9)15/h5-6,8,11,17H,3-4,7H2,1-2H3/t8-,11-,15+/m0/s1. The Morgan fingerprint density at radius 3 is 2.95 bits per heavy atom. The van der Waals surface area contributed by atoms with Crippen molar-refractivity contribution in [1.29, 1.82) is 0 Å². The minimum atomic E-state index is -0.560. The summed E-state index contributed by atoms with van der Waals surface area (Å²) in [4.78, 5) is 11.9. The molecule has 4 heteroatoms. The number of ether oxygens (including phenoxy) is 1. The number of methoxy groups -OCH3 is 1. The maximum absolute atomic E-state index is 14.3. The van der Waals surface area contributed by atoms with Crippen LogP contribution < -0.4 is 0 Å². The highest BCUT2D eigenvalue weighted by molar-refractivity contribution is 5.80. The third-order valence-electron chi connectivity index (χ3n) is 4.92. The number of phenolic OH excluding ortho intramolecular Hbond substituents is 1. The summed E-state index contributed by atoms with van der Waals surface area (Å²) < 4.78 is 19.2. The molecule has 1 aromatic rings. The van der Waals surface area contributed by atoms with Gasteiger partial charge in [-0.25, -0.2) is 4.39 Å². The summed E-state index contributed by atoms with van der Waals surface area (Å²) in [5, 5.41) is 9.61. The highest BCUT2D eigenvalue weighted by Gasteiger charge is 2.68. The molecule has 2 aliphatic rings. The van der Waals surface area contributed by atoms with E-state index in [9.17, 15) is 14.3 Å². The first-order valence-electron chi connectivity index (χ1n) is 6.62. The Kier molecular flexibility index (Phi) is 2.59. The second kappa shape index (κ2) is 3.95. The van der Waals surface area contributed by atoms with E-state index in [1.165, 1.54) is 13.2 Å². The molecule has 0 saturated heterocycles. The lowest BCUT2D eigenvalue weighted by Crippen LogP contribution is -2.24. The normalized spacial score (nSPS) is 31.9. The number of phenols is 1. The molecule has 0 bridgehead atoms. The van der Waals surface area contributed by atoms with E-state index in [2.05, 4.69) is 0 Å². The number of hydrogen-bond donors (Lipinski definition) is 1. The Morgan fingerprint density at radius 1 is 1.53 bits per heavy atom. The van der Waals surface area contributed by atoms with Crippen molar-refractivity contribution in [3.05, 3.63) is 29.1 Å². The van der Waals surface area contributed by atoms with Crippen LogP contribution in [0, 0.1) is 17.7 Å². The fourth-order valence-corrected chi connectivity index (χ4v) is 3.95. The molecule has 1 spiro atoms. The van der Waals surface area contributed by atoms with Crippen LogP contribution in [-0.2, 0) is 21.4 Å². The SMILES string of the molecule is COC(=O)[C@@H]1[C@H](C)[C@]12CCCc1ccc(O)c(F)c12. The largest absolute Gasteiger partial charge is 0.505 e. The van der Waals surface area contributed by atoms with Crippen molar-refractivity contribution in [2.45, 2.75) is 31.6 Å². The van der Waals surface area contributed by atoms with Gasteiger partial charge < -0.3 is 9.84 Å². The smallest absolute Gasteiger partial charge is 0.309 e. The van der Waals surface area contributed by atoms with E-state index in [4.69, 9.17) is 4.74 Å². The number of aromatic hydroxyl groups is 1. The quantitative estimate of drug-likeness (QED) is 0.793. The van der Waals surface area contributed by atoms with E-state index in [1.807, 2.05) is 6.92 Å². The molecular formula is C15H17FO3. The van der Waals surface area contributed by atoms with E-state index in [0.717, 1.165) is 24.8 Å². The molecule has 0 aliphatic heterocycles. The van der Waals surface area contributed by atoms with Crippen molar-refractivity contribution in [1.82, 2.24) is 0 Å². The number of carbonyl (C=O) groups is 1. The van der Waals surface area contributed by atoms with Gasteiger partial charge in [-0.1, -0.05) is 13.0 Å². The zero-order chi connectivity index (χ0) is 13.8. The van der Waals surface area contributed by atoms with E-state index in [0.29, 0.717) is 5.56 Å². The highest BCUT2D eigenvalue weighted by atomic mass is 19.1. The molecule has 3 atom stereocenters. The number of carbonyl (C=O) groups excluding carboxylic acids is 1. The molecule has 3 rings (SSSR count). The van der Waals surface area contributed by atoms with E-state index in [-0.39, 0.29) is 23.6 Å². The molecular weight excluding hydrogens is 247 g/mol. The van der Waals surface area contributed by atoms with Crippen LogP contribution in [0.4, 0.5) is 4.39 Å². The summed E-state index contributed by atoms with van der Waals surface area (Å²) in [5.74, 6) is -1.38. The van der Waals surface area contributed by atoms with Crippen molar-refractivity contribution in [3.63, 3.8) is 0 Å². The number of hydrogen-bond acceptors (Lipinski definition) is 3. The molecule has 1 aromatic carbocycles. The summed E-state index contributed by atoms with van der Waals surface area (Å²) in [7, 11) is 1.36. The van der Waals surface area contributed by atoms with Crippen molar-refractivity contribution in [3.8, 4) is 5.75 Å². The van der Waals surface area contributed by atoms with Gasteiger partial charge in [-0.3, -0.25) is 4.79 Å². The Bertz CT molecular complexity index is 555. The summed E-state index contributed by atoms with van der Waals surface area (Å²) in [6.07, 6.45) is 2.52. The van der Waals surface area contributed by atoms with Crippen molar-refractivity contribution in [2.75, 3.05) is 7.11 Å². The third-order valence-corrected chi connectivity index (χ3v) is 4.92. The first kappa shape index (κ1) is 12.5. The van der Waals surface area contributed by atoms with Gasteiger partial charge in [0.25, 0.3) is 0 Å². The van der Waals surface area contributed by atoms with Gasteiger partial charge in [-0.05, 0) is 36.8 Å². The topological polar surface area (TPSA) is 46.5 Å². The third kappa shape index (κ3) is 1.46. The Hall–Kier alpha value is -1.58. The highest BCUT2D eigenvalue weighted by Crippen LogP contribution is 2.66. The fourth-order valence-electron chi connectivity index (χ4n) is 3.95. The van der Waals surface area contributed by atoms with Crippen LogP contribution in [0.2, 0.25) is 0 Å². The second-order valence-corrected chi connectivity index (χ2v) is 5.62. The average molecular weight is 264 g/mol. The van der Waals surface area contributed by atoms with Crippen LogP contribution in [0.25, 0.3) is 0 Å². The minimum Gasteiger partial charge on any atom is -0.505 e. The lowest BCUT2D eigenvalue weighted by atomic mass is 9.77. The predicted octanol–water partition coefficient (Wildman–Crippen LogP) is 2.54. The minimum absolute atomic E-state index is 0.0651. The van der Waals surface area contributed by atoms with E-state index >= 15 is 0 Å². The maximum Gasteiger partial charge on any atom is 0.309 e. The molecule has 0 amide bonds. The molecule has 19 heavy (non-hydrogen) atoms. The van der Waals surface area contributed by atoms with Crippen LogP contribution in [0.5, 0.6) is 5.75 Å². The molecule has 0 aromatic heterocycles. The van der Waals surface area contributed by atoms with Gasteiger partial charge >= 0.3 is 5.97 Å². The Balaban J connectivity index is 2.14. The number of halogens is 1. The van der Waals surface area contributed by atoms with Gasteiger partial charge in [0.05, 0.1) is 13.0 Å². The summed E-state index contributed by atoms with van der Waals surface area (Å²) in [6.45, 7) is 1.96. The predicted molar refractivity (Wildman–Crippen MR) is 67.4 cm³/mol. The van der Waals surface area contributed by atoms with Gasteiger partial charge in [-0.15, -0.1) is 0 Å². The zero-order valence-corrected chi connectivity index (χ0v) is 11.1.